The Kier molecular flexibility index (Phi) is 5.84. The first-order valence-corrected chi connectivity index (χ1v) is 13.4. The molecule has 1 saturated carbocycles. The highest BCUT2D eigenvalue weighted by atomic mass is 35.5. The van der Waals surface area contributed by atoms with Crippen molar-refractivity contribution in [1.29, 1.82) is 0 Å². The van der Waals surface area contributed by atoms with Gasteiger partial charge in [-0.05, 0) is 97.2 Å². The Morgan fingerprint density at radius 1 is 0.971 bits per heavy atom. The molecular formula is C28H24Cl2N2OS. The monoisotopic (exact) mass is 506 g/mol. The van der Waals surface area contributed by atoms with Crippen LogP contribution in [0.5, 0.6) is 0 Å². The van der Waals surface area contributed by atoms with Gasteiger partial charge in [-0.1, -0.05) is 47.5 Å². The summed E-state index contributed by atoms with van der Waals surface area (Å²) < 4.78 is 0. The van der Waals surface area contributed by atoms with E-state index in [1.807, 2.05) is 48.5 Å². The molecule has 0 N–H and O–H groups in total. The van der Waals surface area contributed by atoms with E-state index in [-0.39, 0.29) is 17.9 Å². The molecule has 1 amide bonds. The van der Waals surface area contributed by atoms with Crippen molar-refractivity contribution in [1.82, 2.24) is 5.01 Å². The highest BCUT2D eigenvalue weighted by Gasteiger charge is 2.44. The minimum atomic E-state index is -0.120. The van der Waals surface area contributed by atoms with E-state index in [2.05, 4.69) is 12.1 Å². The smallest absolute Gasteiger partial charge is 0.266 e. The van der Waals surface area contributed by atoms with E-state index in [0.29, 0.717) is 5.02 Å². The second-order valence-electron chi connectivity index (χ2n) is 9.26. The second-order valence-corrected chi connectivity index (χ2v) is 11.3. The maximum atomic E-state index is 13.8. The average Bonchev–Trinajstić information content (AvgIpc) is 3.54. The third-order valence-electron chi connectivity index (χ3n) is 7.09. The van der Waals surface area contributed by atoms with Gasteiger partial charge in [0.1, 0.15) is 0 Å². The van der Waals surface area contributed by atoms with Gasteiger partial charge in [-0.2, -0.15) is 5.10 Å². The van der Waals surface area contributed by atoms with Crippen LogP contribution < -0.4 is 0 Å². The third kappa shape index (κ3) is 4.02. The summed E-state index contributed by atoms with van der Waals surface area (Å²) in [5, 5.41) is 8.20. The summed E-state index contributed by atoms with van der Waals surface area (Å²) in [5.41, 5.74) is 5.77. The van der Waals surface area contributed by atoms with E-state index in [0.717, 1.165) is 58.8 Å². The molecule has 0 bridgehead atoms. The molecule has 34 heavy (non-hydrogen) atoms. The number of rotatable bonds is 3. The van der Waals surface area contributed by atoms with Crippen molar-refractivity contribution < 1.29 is 4.79 Å². The lowest BCUT2D eigenvalue weighted by atomic mass is 9.77. The van der Waals surface area contributed by atoms with E-state index >= 15 is 0 Å². The van der Waals surface area contributed by atoms with Crippen LogP contribution in [0, 0.1) is 5.92 Å². The number of hydrogen-bond acceptors (Lipinski definition) is 3. The summed E-state index contributed by atoms with van der Waals surface area (Å²) in [6.45, 7) is 0. The van der Waals surface area contributed by atoms with Gasteiger partial charge >= 0.3 is 0 Å². The number of amides is 1. The van der Waals surface area contributed by atoms with Gasteiger partial charge < -0.3 is 0 Å². The number of carbonyl (C=O) groups excluding carboxylic acids is 1. The van der Waals surface area contributed by atoms with Gasteiger partial charge in [0.15, 0.2) is 0 Å². The number of allylic oxidation sites excluding steroid dienone is 1. The molecule has 2 unspecified atom stereocenters. The molecule has 1 fully saturated rings. The van der Waals surface area contributed by atoms with Crippen LogP contribution in [0.1, 0.15) is 63.0 Å². The first-order chi connectivity index (χ1) is 16.6. The van der Waals surface area contributed by atoms with Crippen molar-refractivity contribution in [2.75, 3.05) is 0 Å². The zero-order valence-electron chi connectivity index (χ0n) is 18.6. The zero-order chi connectivity index (χ0) is 23.2. The summed E-state index contributed by atoms with van der Waals surface area (Å²) in [5.74, 6) is 0.177. The standard InChI is InChI=1S/C28H24Cl2N2OS/c29-21-11-7-17(8-12-21)15-20-4-1-5-23-26(20)31-32(27(23)18-9-13-22(30)14-10-18)28(33)25-16-19-3-2-6-24(19)34-25/h7-16,23,27H,1-6H2/b20-15-. The molecule has 0 saturated heterocycles. The first kappa shape index (κ1) is 22.1. The van der Waals surface area contributed by atoms with Crippen molar-refractivity contribution in [3.8, 4) is 0 Å². The van der Waals surface area contributed by atoms with Crippen LogP contribution in [0.4, 0.5) is 0 Å². The van der Waals surface area contributed by atoms with E-state index in [1.54, 1.807) is 16.3 Å². The highest BCUT2D eigenvalue weighted by molar-refractivity contribution is 7.14. The molecule has 2 aromatic carbocycles. The van der Waals surface area contributed by atoms with Crippen molar-refractivity contribution in [2.24, 2.45) is 11.0 Å². The van der Waals surface area contributed by atoms with Gasteiger partial charge in [-0.3, -0.25) is 4.79 Å². The normalized spacial score (nSPS) is 22.6. The fraction of sp³-hybridized carbons (Fsp3) is 0.286. The molecule has 3 aliphatic rings. The van der Waals surface area contributed by atoms with Crippen molar-refractivity contribution in [2.45, 2.75) is 44.6 Å². The number of thiophene rings is 1. The van der Waals surface area contributed by atoms with Gasteiger partial charge in [0.05, 0.1) is 16.6 Å². The molecule has 0 spiro atoms. The van der Waals surface area contributed by atoms with Gasteiger partial charge in [0, 0.05) is 20.8 Å². The van der Waals surface area contributed by atoms with E-state index < -0.39 is 0 Å². The van der Waals surface area contributed by atoms with E-state index in [9.17, 15) is 4.79 Å². The van der Waals surface area contributed by atoms with Crippen LogP contribution in [0.2, 0.25) is 10.0 Å². The van der Waals surface area contributed by atoms with Crippen molar-refractivity contribution in [3.63, 3.8) is 0 Å². The molecule has 2 heterocycles. The second kappa shape index (κ2) is 8.99. The molecule has 6 heteroatoms. The Hall–Kier alpha value is -2.40. The van der Waals surface area contributed by atoms with Crippen LogP contribution in [0.25, 0.3) is 6.08 Å². The summed E-state index contributed by atoms with van der Waals surface area (Å²) >= 11 is 13.9. The van der Waals surface area contributed by atoms with Crippen molar-refractivity contribution >= 4 is 52.2 Å². The van der Waals surface area contributed by atoms with Crippen LogP contribution in [0.3, 0.4) is 0 Å². The summed E-state index contributed by atoms with van der Waals surface area (Å²) in [6.07, 6.45) is 8.59. The maximum absolute atomic E-state index is 13.8. The first-order valence-electron chi connectivity index (χ1n) is 11.8. The number of benzene rings is 2. The lowest BCUT2D eigenvalue weighted by molar-refractivity contribution is 0.0686. The minimum absolute atomic E-state index is 0.00657. The topological polar surface area (TPSA) is 32.7 Å². The molecule has 1 aromatic heterocycles. The largest absolute Gasteiger partial charge is 0.284 e. The number of hydrazone groups is 1. The number of fused-ring (bicyclic) bond motifs is 2. The number of nitrogens with zero attached hydrogens (tertiary/aromatic N) is 2. The molecule has 172 valence electrons. The highest BCUT2D eigenvalue weighted by Crippen LogP contribution is 2.45. The predicted molar refractivity (Wildman–Crippen MR) is 141 cm³/mol. The molecule has 0 radical (unpaired) electrons. The van der Waals surface area contributed by atoms with Gasteiger partial charge in [0.2, 0.25) is 0 Å². The number of carbonyl (C=O) groups is 1. The molecule has 2 aliphatic carbocycles. The fourth-order valence-electron chi connectivity index (χ4n) is 5.47. The predicted octanol–water partition coefficient (Wildman–Crippen LogP) is 7.98. The van der Waals surface area contributed by atoms with E-state index in [1.165, 1.54) is 22.4 Å². The number of halogens is 2. The third-order valence-corrected chi connectivity index (χ3v) is 8.82. The Morgan fingerprint density at radius 2 is 1.71 bits per heavy atom. The van der Waals surface area contributed by atoms with Gasteiger partial charge in [0.25, 0.3) is 5.91 Å². The summed E-state index contributed by atoms with van der Waals surface area (Å²) in [7, 11) is 0. The lowest BCUT2D eigenvalue weighted by Gasteiger charge is -2.29. The molecule has 2 atom stereocenters. The average molecular weight is 507 g/mol. The van der Waals surface area contributed by atoms with E-state index in [4.69, 9.17) is 28.3 Å². The number of hydrogen-bond donors (Lipinski definition) is 0. The summed E-state index contributed by atoms with van der Waals surface area (Å²) in [4.78, 5) is 16.0. The van der Waals surface area contributed by atoms with Crippen molar-refractivity contribution in [3.05, 3.63) is 96.7 Å². The van der Waals surface area contributed by atoms with Crippen LogP contribution in [0.15, 0.2) is 65.3 Å². The molecule has 3 nitrogen and oxygen atoms in total. The fourth-order valence-corrected chi connectivity index (χ4v) is 6.91. The van der Waals surface area contributed by atoms with Crippen LogP contribution in [-0.2, 0) is 12.8 Å². The Labute approximate surface area is 213 Å². The summed E-state index contributed by atoms with van der Waals surface area (Å²) in [6, 6.07) is 17.7. The Balaban J connectivity index is 1.41. The molecule has 1 aliphatic heterocycles. The van der Waals surface area contributed by atoms with Gasteiger partial charge in [-0.15, -0.1) is 11.3 Å². The molecule has 6 rings (SSSR count). The Bertz CT molecular complexity index is 1290. The van der Waals surface area contributed by atoms with Gasteiger partial charge in [-0.25, -0.2) is 5.01 Å². The molecular weight excluding hydrogens is 483 g/mol. The van der Waals surface area contributed by atoms with Crippen LogP contribution >= 0.6 is 34.5 Å². The SMILES string of the molecule is O=C(c1cc2c(s1)CCC2)N1N=C2/C(=C\c3ccc(Cl)cc3)CCCC2C1c1ccc(Cl)cc1. The van der Waals surface area contributed by atoms with Crippen LogP contribution in [-0.4, -0.2) is 16.6 Å². The minimum Gasteiger partial charge on any atom is -0.266 e. The maximum Gasteiger partial charge on any atom is 0.284 e. The Morgan fingerprint density at radius 3 is 2.44 bits per heavy atom. The lowest BCUT2D eigenvalue weighted by Crippen LogP contribution is -2.31. The quantitative estimate of drug-likeness (QED) is 0.354. The zero-order valence-corrected chi connectivity index (χ0v) is 21.0. The number of aryl methyl sites for hydroxylation is 2. The molecule has 3 aromatic rings.